The van der Waals surface area contributed by atoms with Gasteiger partial charge < -0.3 is 25.0 Å². The summed E-state index contributed by atoms with van der Waals surface area (Å²) >= 11 is 0. The highest BCUT2D eigenvalue weighted by Crippen LogP contribution is 2.30. The molecule has 2 amide bonds. The molecule has 1 saturated heterocycles. The van der Waals surface area contributed by atoms with Gasteiger partial charge in [0.15, 0.2) is 11.5 Å². The molecule has 1 fully saturated rings. The quantitative estimate of drug-likeness (QED) is 0.812. The van der Waals surface area contributed by atoms with Gasteiger partial charge in [0.05, 0.1) is 13.7 Å². The average molecular weight is 371 g/mol. The minimum Gasteiger partial charge on any atom is -0.493 e. The number of urea groups is 1. The Hall–Kier alpha value is -3.03. The topological polar surface area (TPSA) is 88.6 Å². The predicted octanol–water partition coefficient (Wildman–Crippen LogP) is 2.67. The van der Waals surface area contributed by atoms with E-state index >= 15 is 0 Å². The number of benzene rings is 1. The maximum absolute atomic E-state index is 12.4. The van der Waals surface area contributed by atoms with E-state index in [9.17, 15) is 4.79 Å². The third kappa shape index (κ3) is 4.99. The Bertz CT molecular complexity index is 756. The maximum atomic E-state index is 12.4. The van der Waals surface area contributed by atoms with Crippen LogP contribution in [0.1, 0.15) is 19.8 Å². The molecule has 0 aliphatic carbocycles. The van der Waals surface area contributed by atoms with Crippen LogP contribution in [0.3, 0.4) is 0 Å². The summed E-state index contributed by atoms with van der Waals surface area (Å²) < 4.78 is 10.8. The highest BCUT2D eigenvalue weighted by Gasteiger charge is 2.23. The second-order valence-corrected chi connectivity index (χ2v) is 6.23. The molecule has 0 radical (unpaired) electrons. The summed E-state index contributed by atoms with van der Waals surface area (Å²) in [4.78, 5) is 23.1. The van der Waals surface area contributed by atoms with Crippen molar-refractivity contribution in [2.45, 2.75) is 25.8 Å². The molecule has 8 nitrogen and oxygen atoms in total. The molecule has 3 rings (SSSR count). The van der Waals surface area contributed by atoms with Crippen molar-refractivity contribution < 1.29 is 14.3 Å². The van der Waals surface area contributed by atoms with E-state index in [0.717, 1.165) is 19.4 Å². The number of aromatic nitrogens is 2. The Labute approximate surface area is 158 Å². The molecule has 1 aliphatic heterocycles. The second-order valence-electron chi connectivity index (χ2n) is 6.23. The summed E-state index contributed by atoms with van der Waals surface area (Å²) in [5.74, 6) is 1.93. The predicted molar refractivity (Wildman–Crippen MR) is 104 cm³/mol. The van der Waals surface area contributed by atoms with Gasteiger partial charge >= 0.3 is 6.03 Å². The Morgan fingerprint density at radius 1 is 1.30 bits per heavy atom. The van der Waals surface area contributed by atoms with E-state index in [2.05, 4.69) is 25.5 Å². The summed E-state index contributed by atoms with van der Waals surface area (Å²) in [7, 11) is 1.57. The molecule has 1 unspecified atom stereocenters. The number of ether oxygens (including phenoxy) is 2. The number of carbonyl (C=O) groups excluding carboxylic acids is 1. The van der Waals surface area contributed by atoms with Gasteiger partial charge in [0, 0.05) is 43.3 Å². The van der Waals surface area contributed by atoms with Gasteiger partial charge in [-0.15, -0.1) is 0 Å². The van der Waals surface area contributed by atoms with Gasteiger partial charge in [0.2, 0.25) is 5.95 Å². The van der Waals surface area contributed by atoms with Crippen LogP contribution in [-0.4, -0.2) is 48.8 Å². The van der Waals surface area contributed by atoms with E-state index in [1.165, 1.54) is 0 Å². The number of amides is 2. The average Bonchev–Trinajstić information content (AvgIpc) is 2.70. The van der Waals surface area contributed by atoms with Crippen molar-refractivity contribution in [3.63, 3.8) is 0 Å². The lowest BCUT2D eigenvalue weighted by Crippen LogP contribution is -2.49. The van der Waals surface area contributed by atoms with E-state index < -0.39 is 0 Å². The van der Waals surface area contributed by atoms with Gasteiger partial charge in [0.25, 0.3) is 0 Å². The first-order valence-corrected chi connectivity index (χ1v) is 9.10. The number of hydrogen-bond acceptors (Lipinski definition) is 6. The van der Waals surface area contributed by atoms with Gasteiger partial charge in [-0.2, -0.15) is 0 Å². The monoisotopic (exact) mass is 371 g/mol. The molecule has 144 valence electrons. The van der Waals surface area contributed by atoms with E-state index in [4.69, 9.17) is 9.47 Å². The number of anilines is 2. The lowest BCUT2D eigenvalue weighted by Gasteiger charge is -2.33. The summed E-state index contributed by atoms with van der Waals surface area (Å²) in [5, 5.41) is 5.88. The largest absolute Gasteiger partial charge is 0.493 e. The van der Waals surface area contributed by atoms with Gasteiger partial charge in [-0.3, -0.25) is 0 Å². The van der Waals surface area contributed by atoms with Gasteiger partial charge in [-0.1, -0.05) is 0 Å². The molecule has 0 saturated carbocycles. The highest BCUT2D eigenvalue weighted by atomic mass is 16.5. The van der Waals surface area contributed by atoms with Crippen LogP contribution < -0.4 is 25.0 Å². The van der Waals surface area contributed by atoms with Crippen molar-refractivity contribution in [1.29, 1.82) is 0 Å². The minimum absolute atomic E-state index is 0.0344. The van der Waals surface area contributed by atoms with Gasteiger partial charge in [-0.25, -0.2) is 14.8 Å². The fourth-order valence-corrected chi connectivity index (χ4v) is 3.10. The summed E-state index contributed by atoms with van der Waals surface area (Å²) in [5.41, 5.74) is 0.645. The van der Waals surface area contributed by atoms with Crippen molar-refractivity contribution in [3.8, 4) is 11.5 Å². The molecule has 2 heterocycles. The number of piperidine rings is 1. The Morgan fingerprint density at radius 3 is 2.85 bits per heavy atom. The Morgan fingerprint density at radius 2 is 2.11 bits per heavy atom. The summed E-state index contributed by atoms with van der Waals surface area (Å²) in [6.07, 6.45) is 5.35. The maximum Gasteiger partial charge on any atom is 0.319 e. The molecule has 27 heavy (non-hydrogen) atoms. The summed E-state index contributed by atoms with van der Waals surface area (Å²) in [6.45, 7) is 4.03. The molecule has 8 heteroatoms. The SMILES string of the molecule is CCOc1ccc(NC(=O)NC2CCCN(c3ncccn3)C2)cc1OC. The molecule has 2 N–H and O–H groups in total. The van der Waals surface area contributed by atoms with Crippen molar-refractivity contribution in [3.05, 3.63) is 36.7 Å². The first-order chi connectivity index (χ1) is 13.2. The third-order valence-corrected chi connectivity index (χ3v) is 4.31. The van der Waals surface area contributed by atoms with Crippen LogP contribution in [-0.2, 0) is 0 Å². The zero-order chi connectivity index (χ0) is 19.1. The number of nitrogens with one attached hydrogen (secondary N) is 2. The standard InChI is InChI=1S/C19H25N5O3/c1-3-27-16-8-7-14(12-17(16)26-2)22-19(25)23-15-6-4-11-24(13-15)18-20-9-5-10-21-18/h5,7-10,12,15H,3-4,6,11,13H2,1-2H3,(H2,22,23,25). The number of rotatable bonds is 6. The number of carbonyl (C=O) groups is 1. The molecule has 0 spiro atoms. The van der Waals surface area contributed by atoms with E-state index in [0.29, 0.717) is 36.3 Å². The van der Waals surface area contributed by atoms with Crippen LogP contribution in [0.4, 0.5) is 16.4 Å². The Balaban J connectivity index is 1.57. The van der Waals surface area contributed by atoms with E-state index in [1.807, 2.05) is 6.92 Å². The van der Waals surface area contributed by atoms with Crippen molar-refractivity contribution in [2.24, 2.45) is 0 Å². The number of methoxy groups -OCH3 is 1. The first kappa shape index (κ1) is 18.8. The third-order valence-electron chi connectivity index (χ3n) is 4.31. The number of hydrogen-bond donors (Lipinski definition) is 2. The van der Waals surface area contributed by atoms with Crippen molar-refractivity contribution in [1.82, 2.24) is 15.3 Å². The van der Waals surface area contributed by atoms with Crippen LogP contribution in [0.15, 0.2) is 36.7 Å². The van der Waals surface area contributed by atoms with Crippen LogP contribution >= 0.6 is 0 Å². The Kier molecular flexibility index (Phi) is 6.30. The molecule has 1 aromatic carbocycles. The van der Waals surface area contributed by atoms with Crippen LogP contribution in [0, 0.1) is 0 Å². The molecule has 1 aromatic heterocycles. The molecular weight excluding hydrogens is 346 g/mol. The van der Waals surface area contributed by atoms with Gasteiger partial charge in [0.1, 0.15) is 0 Å². The van der Waals surface area contributed by atoms with Crippen LogP contribution in [0.5, 0.6) is 11.5 Å². The second kappa shape index (κ2) is 9.07. The lowest BCUT2D eigenvalue weighted by molar-refractivity contribution is 0.246. The fourth-order valence-electron chi connectivity index (χ4n) is 3.10. The molecule has 0 bridgehead atoms. The molecule has 1 atom stereocenters. The smallest absolute Gasteiger partial charge is 0.319 e. The highest BCUT2D eigenvalue weighted by molar-refractivity contribution is 5.89. The van der Waals surface area contributed by atoms with Gasteiger partial charge in [-0.05, 0) is 38.0 Å². The first-order valence-electron chi connectivity index (χ1n) is 9.10. The van der Waals surface area contributed by atoms with Crippen LogP contribution in [0.25, 0.3) is 0 Å². The molecule has 1 aliphatic rings. The van der Waals surface area contributed by atoms with E-state index in [1.54, 1.807) is 43.8 Å². The normalized spacial score (nSPS) is 16.5. The van der Waals surface area contributed by atoms with Crippen molar-refractivity contribution in [2.75, 3.05) is 37.0 Å². The molecular formula is C19H25N5O3. The zero-order valence-corrected chi connectivity index (χ0v) is 15.6. The minimum atomic E-state index is -0.248. The van der Waals surface area contributed by atoms with E-state index in [-0.39, 0.29) is 12.1 Å². The lowest BCUT2D eigenvalue weighted by atomic mass is 10.1. The fraction of sp³-hybridized carbons (Fsp3) is 0.421. The molecule has 2 aromatic rings. The van der Waals surface area contributed by atoms with Crippen molar-refractivity contribution >= 4 is 17.7 Å². The van der Waals surface area contributed by atoms with Crippen LogP contribution in [0.2, 0.25) is 0 Å². The zero-order valence-electron chi connectivity index (χ0n) is 15.6. The summed E-state index contributed by atoms with van der Waals surface area (Å²) in [6, 6.07) is 6.90. The number of nitrogens with zero attached hydrogens (tertiary/aromatic N) is 3.